The largest absolute Gasteiger partial charge is 0.361 e. The summed E-state index contributed by atoms with van der Waals surface area (Å²) in [6, 6.07) is 8.32. The molecule has 2 N–H and O–H groups in total. The Morgan fingerprint density at radius 2 is 2.26 bits per heavy atom. The first-order valence-corrected chi connectivity index (χ1v) is 6.66. The first-order chi connectivity index (χ1) is 9.20. The van der Waals surface area contributed by atoms with Crippen molar-refractivity contribution in [2.75, 3.05) is 0 Å². The highest BCUT2D eigenvalue weighted by Gasteiger charge is 2.08. The molecular formula is C16H20N2O. The number of rotatable bonds is 6. The van der Waals surface area contributed by atoms with Gasteiger partial charge in [0.1, 0.15) is 0 Å². The van der Waals surface area contributed by atoms with Gasteiger partial charge >= 0.3 is 0 Å². The molecule has 0 radical (unpaired) electrons. The predicted octanol–water partition coefficient (Wildman–Crippen LogP) is 3.18. The summed E-state index contributed by atoms with van der Waals surface area (Å²) in [5.41, 5.74) is 2.32. The molecule has 1 atom stereocenters. The van der Waals surface area contributed by atoms with Gasteiger partial charge in [0, 0.05) is 29.6 Å². The van der Waals surface area contributed by atoms with Gasteiger partial charge in [0.2, 0.25) is 5.91 Å². The maximum atomic E-state index is 11.8. The molecule has 3 nitrogen and oxygen atoms in total. The first-order valence-electron chi connectivity index (χ1n) is 6.66. The summed E-state index contributed by atoms with van der Waals surface area (Å²) in [6.07, 6.45) is 5.90. The number of amides is 1. The van der Waals surface area contributed by atoms with Crippen LogP contribution in [0.3, 0.4) is 0 Å². The van der Waals surface area contributed by atoms with Crippen LogP contribution in [-0.4, -0.2) is 16.9 Å². The Hall–Kier alpha value is -2.03. The molecule has 1 aromatic heterocycles. The van der Waals surface area contributed by atoms with E-state index in [1.54, 1.807) is 0 Å². The van der Waals surface area contributed by atoms with Crippen molar-refractivity contribution in [3.8, 4) is 0 Å². The Kier molecular flexibility index (Phi) is 4.39. The van der Waals surface area contributed by atoms with E-state index in [0.29, 0.717) is 6.42 Å². The number of para-hydroxylation sites is 1. The predicted molar refractivity (Wildman–Crippen MR) is 79.0 cm³/mol. The van der Waals surface area contributed by atoms with Crippen molar-refractivity contribution < 1.29 is 4.79 Å². The lowest BCUT2D eigenvalue weighted by molar-refractivity contribution is -0.121. The molecule has 0 aliphatic heterocycles. The summed E-state index contributed by atoms with van der Waals surface area (Å²) in [6.45, 7) is 5.66. The minimum atomic E-state index is 0.0969. The fourth-order valence-corrected chi connectivity index (χ4v) is 2.24. The monoisotopic (exact) mass is 256 g/mol. The van der Waals surface area contributed by atoms with E-state index in [1.165, 1.54) is 10.9 Å². The molecule has 19 heavy (non-hydrogen) atoms. The standard InChI is InChI=1S/C16H20N2O/c1-3-6-12(2)18-16(19)10-9-13-11-17-15-8-5-4-7-14(13)15/h3-5,7-8,11-12,17H,1,6,9-10H2,2H3,(H,18,19)/t12-/m0/s1. The lowest BCUT2D eigenvalue weighted by Crippen LogP contribution is -2.32. The minimum Gasteiger partial charge on any atom is -0.361 e. The fourth-order valence-electron chi connectivity index (χ4n) is 2.24. The summed E-state index contributed by atoms with van der Waals surface area (Å²) in [4.78, 5) is 15.0. The number of aromatic nitrogens is 1. The fraction of sp³-hybridized carbons (Fsp3) is 0.312. The zero-order valence-electron chi connectivity index (χ0n) is 11.3. The summed E-state index contributed by atoms with van der Waals surface area (Å²) < 4.78 is 0. The van der Waals surface area contributed by atoms with Crippen LogP contribution in [0.1, 0.15) is 25.3 Å². The number of H-pyrrole nitrogens is 1. The molecule has 0 bridgehead atoms. The van der Waals surface area contributed by atoms with Crippen LogP contribution in [0, 0.1) is 0 Å². The summed E-state index contributed by atoms with van der Waals surface area (Å²) in [5, 5.41) is 4.17. The average Bonchev–Trinajstić information content (AvgIpc) is 2.80. The molecule has 0 aliphatic rings. The molecule has 1 heterocycles. The maximum absolute atomic E-state index is 11.8. The molecule has 0 saturated carbocycles. The van der Waals surface area contributed by atoms with Gasteiger partial charge in [-0.1, -0.05) is 24.3 Å². The van der Waals surface area contributed by atoms with E-state index < -0.39 is 0 Å². The summed E-state index contributed by atoms with van der Waals surface area (Å²) >= 11 is 0. The van der Waals surface area contributed by atoms with Gasteiger partial charge in [-0.25, -0.2) is 0 Å². The Morgan fingerprint density at radius 1 is 1.47 bits per heavy atom. The van der Waals surface area contributed by atoms with Crippen LogP contribution in [0.5, 0.6) is 0 Å². The molecule has 3 heteroatoms. The molecule has 0 fully saturated rings. The Labute approximate surface area is 113 Å². The van der Waals surface area contributed by atoms with E-state index >= 15 is 0 Å². The number of aryl methyl sites for hydroxylation is 1. The van der Waals surface area contributed by atoms with Crippen LogP contribution in [0.4, 0.5) is 0 Å². The van der Waals surface area contributed by atoms with Crippen molar-refractivity contribution in [3.05, 3.63) is 48.7 Å². The molecule has 0 spiro atoms. The van der Waals surface area contributed by atoms with E-state index in [9.17, 15) is 4.79 Å². The van der Waals surface area contributed by atoms with Crippen LogP contribution < -0.4 is 5.32 Å². The van der Waals surface area contributed by atoms with Gasteiger partial charge < -0.3 is 10.3 Å². The number of carbonyl (C=O) groups excluding carboxylic acids is 1. The van der Waals surface area contributed by atoms with E-state index in [-0.39, 0.29) is 11.9 Å². The molecule has 2 aromatic rings. The first kappa shape index (κ1) is 13.4. The Morgan fingerprint density at radius 3 is 3.05 bits per heavy atom. The van der Waals surface area contributed by atoms with Crippen molar-refractivity contribution in [3.63, 3.8) is 0 Å². The number of nitrogens with one attached hydrogen (secondary N) is 2. The quantitative estimate of drug-likeness (QED) is 0.766. The van der Waals surface area contributed by atoms with Gasteiger partial charge in [0.15, 0.2) is 0 Å². The van der Waals surface area contributed by atoms with Crippen molar-refractivity contribution in [1.82, 2.24) is 10.3 Å². The van der Waals surface area contributed by atoms with Crippen molar-refractivity contribution >= 4 is 16.8 Å². The number of fused-ring (bicyclic) bond motifs is 1. The number of hydrogen-bond donors (Lipinski definition) is 2. The molecule has 1 amide bonds. The summed E-state index contributed by atoms with van der Waals surface area (Å²) in [5.74, 6) is 0.0969. The summed E-state index contributed by atoms with van der Waals surface area (Å²) in [7, 11) is 0. The van der Waals surface area contributed by atoms with Crippen molar-refractivity contribution in [1.29, 1.82) is 0 Å². The maximum Gasteiger partial charge on any atom is 0.220 e. The molecule has 1 aromatic carbocycles. The van der Waals surface area contributed by atoms with Gasteiger partial charge in [-0.05, 0) is 31.4 Å². The van der Waals surface area contributed by atoms with Gasteiger partial charge in [-0.3, -0.25) is 4.79 Å². The number of benzene rings is 1. The molecule has 0 aliphatic carbocycles. The second kappa shape index (κ2) is 6.23. The normalized spacial score (nSPS) is 12.3. The topological polar surface area (TPSA) is 44.9 Å². The van der Waals surface area contributed by atoms with Crippen LogP contribution in [-0.2, 0) is 11.2 Å². The Bertz CT molecular complexity index is 571. The smallest absolute Gasteiger partial charge is 0.220 e. The van der Waals surface area contributed by atoms with Gasteiger partial charge in [-0.15, -0.1) is 6.58 Å². The molecule has 0 unspecified atom stereocenters. The number of aromatic amines is 1. The highest BCUT2D eigenvalue weighted by molar-refractivity contribution is 5.84. The number of carbonyl (C=O) groups is 1. The average molecular weight is 256 g/mol. The van der Waals surface area contributed by atoms with E-state index in [4.69, 9.17) is 0 Å². The number of hydrogen-bond acceptors (Lipinski definition) is 1. The molecular weight excluding hydrogens is 236 g/mol. The third-order valence-electron chi connectivity index (χ3n) is 3.22. The Balaban J connectivity index is 1.92. The second-order valence-corrected chi connectivity index (χ2v) is 4.85. The van der Waals surface area contributed by atoms with Gasteiger partial charge in [0.05, 0.1) is 0 Å². The van der Waals surface area contributed by atoms with Crippen molar-refractivity contribution in [2.45, 2.75) is 32.2 Å². The third-order valence-corrected chi connectivity index (χ3v) is 3.22. The van der Waals surface area contributed by atoms with Gasteiger partial charge in [0.25, 0.3) is 0 Å². The highest BCUT2D eigenvalue weighted by atomic mass is 16.1. The zero-order valence-corrected chi connectivity index (χ0v) is 11.3. The molecule has 0 saturated heterocycles. The van der Waals surface area contributed by atoms with E-state index in [0.717, 1.165) is 18.4 Å². The van der Waals surface area contributed by atoms with E-state index in [1.807, 2.05) is 37.4 Å². The van der Waals surface area contributed by atoms with Crippen molar-refractivity contribution in [2.24, 2.45) is 0 Å². The SMILES string of the molecule is C=CC[C@H](C)NC(=O)CCc1c[nH]c2ccccc12. The van der Waals surface area contributed by atoms with Crippen LogP contribution in [0.15, 0.2) is 43.1 Å². The van der Waals surface area contributed by atoms with Gasteiger partial charge in [-0.2, -0.15) is 0 Å². The molecule has 100 valence electrons. The zero-order chi connectivity index (χ0) is 13.7. The highest BCUT2D eigenvalue weighted by Crippen LogP contribution is 2.18. The van der Waals surface area contributed by atoms with E-state index in [2.05, 4.69) is 22.9 Å². The third kappa shape index (κ3) is 3.47. The lowest BCUT2D eigenvalue weighted by atomic mass is 10.1. The molecule has 2 rings (SSSR count). The second-order valence-electron chi connectivity index (χ2n) is 4.85. The van der Waals surface area contributed by atoms with Crippen LogP contribution >= 0.6 is 0 Å². The van der Waals surface area contributed by atoms with Crippen LogP contribution in [0.25, 0.3) is 10.9 Å². The minimum absolute atomic E-state index is 0.0969. The lowest BCUT2D eigenvalue weighted by Gasteiger charge is -2.11. The van der Waals surface area contributed by atoms with Crippen LogP contribution in [0.2, 0.25) is 0 Å².